The molecule has 0 aromatic heterocycles. The van der Waals surface area contributed by atoms with Gasteiger partial charge in [-0.3, -0.25) is 0 Å². The molecule has 0 saturated heterocycles. The smallest absolute Gasteiger partial charge is 0.250 e. The molecule has 0 amide bonds. The summed E-state index contributed by atoms with van der Waals surface area (Å²) in [6.07, 6.45) is 3.61. The number of hydrogen-bond donors (Lipinski definition) is 1. The molecular formula is C21H32O2Si. The van der Waals surface area contributed by atoms with Gasteiger partial charge >= 0.3 is 0 Å². The Bertz CT molecular complexity index is 654. The fourth-order valence-electron chi connectivity index (χ4n) is 3.09. The Morgan fingerprint density at radius 3 is 2.42 bits per heavy atom. The lowest BCUT2D eigenvalue weighted by Gasteiger charge is -2.47. The van der Waals surface area contributed by atoms with E-state index in [9.17, 15) is 5.11 Å². The molecule has 1 aromatic carbocycles. The number of aliphatic hydroxyl groups is 1. The molecule has 1 aliphatic rings. The van der Waals surface area contributed by atoms with E-state index in [4.69, 9.17) is 4.43 Å². The largest absolute Gasteiger partial charge is 0.543 e. The molecule has 1 aliphatic carbocycles. The molecule has 0 spiro atoms. The minimum Gasteiger partial charge on any atom is -0.543 e. The van der Waals surface area contributed by atoms with Crippen molar-refractivity contribution in [3.05, 3.63) is 48.1 Å². The summed E-state index contributed by atoms with van der Waals surface area (Å²) in [6.45, 7) is 21.1. The predicted molar refractivity (Wildman–Crippen MR) is 106 cm³/mol. The van der Waals surface area contributed by atoms with Gasteiger partial charge in [0.1, 0.15) is 5.75 Å². The fourth-order valence-corrected chi connectivity index (χ4v) is 4.12. The van der Waals surface area contributed by atoms with E-state index in [0.717, 1.165) is 35.3 Å². The average Bonchev–Trinajstić information content (AvgIpc) is 2.43. The molecule has 0 radical (unpaired) electrons. The van der Waals surface area contributed by atoms with E-state index in [1.807, 2.05) is 25.1 Å². The lowest BCUT2D eigenvalue weighted by molar-refractivity contribution is -0.0233. The second kappa shape index (κ2) is 6.20. The third-order valence-electron chi connectivity index (χ3n) is 5.98. The molecule has 1 fully saturated rings. The summed E-state index contributed by atoms with van der Waals surface area (Å²) in [7, 11) is -1.93. The first-order valence-electron chi connectivity index (χ1n) is 8.77. The van der Waals surface area contributed by atoms with Gasteiger partial charge in [0.05, 0.1) is 5.60 Å². The van der Waals surface area contributed by atoms with Gasteiger partial charge in [-0.15, -0.1) is 0 Å². The van der Waals surface area contributed by atoms with E-state index in [2.05, 4.69) is 53.1 Å². The van der Waals surface area contributed by atoms with E-state index in [1.165, 1.54) is 0 Å². The highest BCUT2D eigenvalue weighted by Crippen LogP contribution is 2.51. The molecule has 132 valence electrons. The Morgan fingerprint density at radius 2 is 2.00 bits per heavy atom. The summed E-state index contributed by atoms with van der Waals surface area (Å²) < 4.78 is 6.54. The van der Waals surface area contributed by atoms with Gasteiger partial charge in [0.25, 0.3) is 8.32 Å². The van der Waals surface area contributed by atoms with Gasteiger partial charge in [-0.2, -0.15) is 0 Å². The molecule has 3 heteroatoms. The lowest BCUT2D eigenvalue weighted by atomic mass is 9.62. The van der Waals surface area contributed by atoms with Crippen LogP contribution in [-0.4, -0.2) is 19.0 Å². The van der Waals surface area contributed by atoms with Gasteiger partial charge in [-0.25, -0.2) is 0 Å². The van der Waals surface area contributed by atoms with Crippen molar-refractivity contribution in [1.82, 2.24) is 0 Å². The minimum absolute atomic E-state index is 0.0750. The van der Waals surface area contributed by atoms with Crippen molar-refractivity contribution in [2.75, 3.05) is 0 Å². The zero-order valence-corrected chi connectivity index (χ0v) is 17.1. The maximum absolute atomic E-state index is 10.9. The van der Waals surface area contributed by atoms with Crippen molar-refractivity contribution in [2.45, 2.75) is 70.2 Å². The predicted octanol–water partition coefficient (Wildman–Crippen LogP) is 5.90. The molecule has 1 saturated carbocycles. The van der Waals surface area contributed by atoms with Crippen LogP contribution in [0.25, 0.3) is 6.08 Å². The molecule has 1 aromatic rings. The molecule has 0 aliphatic heterocycles. The van der Waals surface area contributed by atoms with E-state index < -0.39 is 13.9 Å². The Morgan fingerprint density at radius 1 is 1.38 bits per heavy atom. The third-order valence-corrected chi connectivity index (χ3v) is 10.3. The van der Waals surface area contributed by atoms with Crippen molar-refractivity contribution in [3.63, 3.8) is 0 Å². The van der Waals surface area contributed by atoms with Crippen molar-refractivity contribution in [1.29, 1.82) is 0 Å². The van der Waals surface area contributed by atoms with E-state index >= 15 is 0 Å². The van der Waals surface area contributed by atoms with Crippen LogP contribution < -0.4 is 4.43 Å². The van der Waals surface area contributed by atoms with Crippen LogP contribution in [0.3, 0.4) is 0 Å². The first-order chi connectivity index (χ1) is 10.9. The van der Waals surface area contributed by atoms with Crippen LogP contribution in [0.5, 0.6) is 5.75 Å². The van der Waals surface area contributed by atoms with Crippen LogP contribution in [0.4, 0.5) is 0 Å². The Balaban J connectivity index is 2.44. The first kappa shape index (κ1) is 19.0. The van der Waals surface area contributed by atoms with E-state index in [-0.39, 0.29) is 11.0 Å². The normalized spacial score (nSPS) is 24.2. The molecule has 24 heavy (non-hydrogen) atoms. The van der Waals surface area contributed by atoms with Crippen LogP contribution in [-0.2, 0) is 0 Å². The highest BCUT2D eigenvalue weighted by molar-refractivity contribution is 6.74. The zero-order chi connectivity index (χ0) is 18.3. The Hall–Kier alpha value is -1.32. The van der Waals surface area contributed by atoms with Crippen LogP contribution in [0.2, 0.25) is 18.1 Å². The van der Waals surface area contributed by atoms with Crippen LogP contribution in [0.15, 0.2) is 36.9 Å². The van der Waals surface area contributed by atoms with E-state index in [1.54, 1.807) is 0 Å². The van der Waals surface area contributed by atoms with E-state index in [0.29, 0.717) is 0 Å². The maximum atomic E-state index is 10.9. The molecule has 2 nitrogen and oxygen atoms in total. The summed E-state index contributed by atoms with van der Waals surface area (Å²) >= 11 is 0. The highest BCUT2D eigenvalue weighted by atomic mass is 28.4. The standard InChI is InChI=1S/C21H32O2Si/c1-9-16-17(18-13-14-21(18,22)15(2)3)11-10-12-19(16)23-24(7,8)20(4,5)6/h9-12,18,22H,1-2,13-14H2,3-8H3/t18-,21-/m0/s1. The molecule has 1 N–H and O–H groups in total. The summed E-state index contributed by atoms with van der Waals surface area (Å²) in [5.74, 6) is 0.969. The number of rotatable bonds is 5. The topological polar surface area (TPSA) is 29.5 Å². The number of hydrogen-bond acceptors (Lipinski definition) is 2. The molecule has 0 unspecified atom stereocenters. The first-order valence-corrected chi connectivity index (χ1v) is 11.7. The van der Waals surface area contributed by atoms with Gasteiger partial charge in [0, 0.05) is 11.5 Å². The summed E-state index contributed by atoms with van der Waals surface area (Å²) in [6, 6.07) is 6.15. The zero-order valence-electron chi connectivity index (χ0n) is 16.1. The summed E-state index contributed by atoms with van der Waals surface area (Å²) in [5, 5.41) is 11.0. The molecular weight excluding hydrogens is 312 g/mol. The third kappa shape index (κ3) is 3.12. The average molecular weight is 345 g/mol. The van der Waals surface area contributed by atoms with Gasteiger partial charge in [0.2, 0.25) is 0 Å². The molecule has 0 bridgehead atoms. The van der Waals surface area contributed by atoms with Gasteiger partial charge < -0.3 is 9.53 Å². The molecule has 2 rings (SSSR count). The Kier molecular flexibility index (Phi) is 4.91. The van der Waals surface area contributed by atoms with Gasteiger partial charge in [0.15, 0.2) is 0 Å². The second-order valence-electron chi connectivity index (χ2n) is 8.62. The summed E-state index contributed by atoms with van der Waals surface area (Å²) in [5.41, 5.74) is 2.18. The fraction of sp³-hybridized carbons (Fsp3) is 0.524. The van der Waals surface area contributed by atoms with Crippen LogP contribution in [0, 0.1) is 0 Å². The van der Waals surface area contributed by atoms with Crippen LogP contribution >= 0.6 is 0 Å². The maximum Gasteiger partial charge on any atom is 0.250 e. The number of benzene rings is 1. The van der Waals surface area contributed by atoms with Crippen molar-refractivity contribution in [3.8, 4) is 5.75 Å². The second-order valence-corrected chi connectivity index (χ2v) is 13.3. The molecule has 2 atom stereocenters. The Labute approximate surface area is 148 Å². The monoisotopic (exact) mass is 344 g/mol. The summed E-state index contributed by atoms with van der Waals surface area (Å²) in [4.78, 5) is 0. The van der Waals surface area contributed by atoms with Crippen molar-refractivity contribution in [2.24, 2.45) is 0 Å². The lowest BCUT2D eigenvalue weighted by Crippen LogP contribution is -2.46. The van der Waals surface area contributed by atoms with Gasteiger partial charge in [-0.05, 0) is 55.1 Å². The quantitative estimate of drug-likeness (QED) is 0.532. The van der Waals surface area contributed by atoms with Crippen molar-refractivity contribution < 1.29 is 9.53 Å². The minimum atomic E-state index is -1.93. The molecule has 0 heterocycles. The van der Waals surface area contributed by atoms with Crippen molar-refractivity contribution >= 4 is 14.4 Å². The van der Waals surface area contributed by atoms with Gasteiger partial charge in [-0.1, -0.05) is 52.1 Å². The highest BCUT2D eigenvalue weighted by Gasteiger charge is 2.47. The van der Waals surface area contributed by atoms with Crippen LogP contribution in [0.1, 0.15) is 57.6 Å². The SMILES string of the molecule is C=Cc1c(O[Si](C)(C)C(C)(C)C)cccc1[C@@H]1CC[C@]1(O)C(=C)C.